The summed E-state index contributed by atoms with van der Waals surface area (Å²) >= 11 is 0. The molecule has 3 N–H and O–H groups in total. The van der Waals surface area contributed by atoms with Gasteiger partial charge in [-0.1, -0.05) is 30.3 Å². The maximum absolute atomic E-state index is 12.5. The molecular weight excluding hydrogens is 368 g/mol. The Morgan fingerprint density at radius 3 is 2.24 bits per heavy atom. The fraction of sp³-hybridized carbons (Fsp3) is 0. The molecule has 0 saturated carbocycles. The van der Waals surface area contributed by atoms with Crippen molar-refractivity contribution in [1.29, 1.82) is 5.26 Å². The molecule has 0 fully saturated rings. The number of aromatic carboxylic acids is 1. The molecule has 0 aliphatic carbocycles. The van der Waals surface area contributed by atoms with Crippen molar-refractivity contribution in [3.8, 4) is 17.2 Å². The van der Waals surface area contributed by atoms with Crippen molar-refractivity contribution in [3.63, 3.8) is 0 Å². The van der Waals surface area contributed by atoms with Crippen molar-refractivity contribution < 1.29 is 14.7 Å². The topological polar surface area (TPSA) is 119 Å². The van der Waals surface area contributed by atoms with E-state index in [1.807, 2.05) is 24.3 Å². The maximum Gasteiger partial charge on any atom is 0.337 e. The van der Waals surface area contributed by atoms with Crippen LogP contribution in [0.25, 0.3) is 22.2 Å². The molecule has 1 heterocycles. The van der Waals surface area contributed by atoms with Crippen molar-refractivity contribution in [1.82, 2.24) is 9.97 Å². The highest BCUT2D eigenvalue weighted by molar-refractivity contribution is 6.05. The highest BCUT2D eigenvalue weighted by Crippen LogP contribution is 2.22. The first-order valence-electron chi connectivity index (χ1n) is 8.69. The Balaban J connectivity index is 1.54. The predicted molar refractivity (Wildman–Crippen MR) is 108 cm³/mol. The number of para-hydroxylation sites is 1. The third kappa shape index (κ3) is 3.55. The minimum atomic E-state index is -1.08. The van der Waals surface area contributed by atoms with Crippen LogP contribution in [0.15, 0.2) is 66.7 Å². The lowest BCUT2D eigenvalue weighted by atomic mass is 10.0. The van der Waals surface area contributed by atoms with Gasteiger partial charge in [-0.3, -0.25) is 10.1 Å². The zero-order chi connectivity index (χ0) is 20.4. The Kier molecular flexibility index (Phi) is 4.51. The van der Waals surface area contributed by atoms with E-state index in [-0.39, 0.29) is 22.9 Å². The highest BCUT2D eigenvalue weighted by atomic mass is 16.4. The fourth-order valence-corrected chi connectivity index (χ4v) is 2.99. The molecule has 4 rings (SSSR count). The van der Waals surface area contributed by atoms with Gasteiger partial charge in [-0.15, -0.1) is 0 Å². The SMILES string of the molecule is N#Cc1ccc(-c2ccc(C(=O)Nc3nc4c(C(=O)O)cccc4[nH]3)cc2)cc1. The summed E-state index contributed by atoms with van der Waals surface area (Å²) in [6, 6.07) is 21.0. The lowest BCUT2D eigenvalue weighted by Gasteiger charge is -2.05. The van der Waals surface area contributed by atoms with E-state index in [0.717, 1.165) is 11.1 Å². The number of fused-ring (bicyclic) bond motifs is 1. The number of benzene rings is 3. The Bertz CT molecular complexity index is 1270. The number of anilines is 1. The number of nitrogens with zero attached hydrogens (tertiary/aromatic N) is 2. The van der Waals surface area contributed by atoms with Crippen LogP contribution in [0.4, 0.5) is 5.95 Å². The van der Waals surface area contributed by atoms with E-state index in [1.165, 1.54) is 6.07 Å². The van der Waals surface area contributed by atoms with Crippen LogP contribution in [0.3, 0.4) is 0 Å². The number of carboxylic acids is 1. The number of aromatic nitrogens is 2. The molecule has 0 atom stereocenters. The number of nitrogens with one attached hydrogen (secondary N) is 2. The number of rotatable bonds is 4. The van der Waals surface area contributed by atoms with Gasteiger partial charge < -0.3 is 10.1 Å². The number of aromatic amines is 1. The van der Waals surface area contributed by atoms with E-state index in [2.05, 4.69) is 21.4 Å². The quantitative estimate of drug-likeness (QED) is 0.492. The normalized spacial score (nSPS) is 10.4. The van der Waals surface area contributed by atoms with Crippen LogP contribution >= 0.6 is 0 Å². The van der Waals surface area contributed by atoms with E-state index in [4.69, 9.17) is 5.26 Å². The largest absolute Gasteiger partial charge is 0.478 e. The van der Waals surface area contributed by atoms with Gasteiger partial charge >= 0.3 is 5.97 Å². The van der Waals surface area contributed by atoms with Gasteiger partial charge in [0.05, 0.1) is 22.7 Å². The highest BCUT2D eigenvalue weighted by Gasteiger charge is 2.14. The predicted octanol–water partition coefficient (Wildman–Crippen LogP) is 4.05. The van der Waals surface area contributed by atoms with Crippen molar-refractivity contribution >= 4 is 28.9 Å². The molecule has 140 valence electrons. The van der Waals surface area contributed by atoms with Crippen molar-refractivity contribution in [2.75, 3.05) is 5.32 Å². The van der Waals surface area contributed by atoms with E-state index in [0.29, 0.717) is 16.6 Å². The minimum Gasteiger partial charge on any atom is -0.478 e. The number of carbonyl (C=O) groups is 2. The second-order valence-corrected chi connectivity index (χ2v) is 6.31. The van der Waals surface area contributed by atoms with Crippen LogP contribution in [0.5, 0.6) is 0 Å². The summed E-state index contributed by atoms with van der Waals surface area (Å²) in [5, 5.41) is 20.8. The molecule has 0 aliphatic rings. The van der Waals surface area contributed by atoms with E-state index >= 15 is 0 Å². The van der Waals surface area contributed by atoms with Crippen LogP contribution in [0.1, 0.15) is 26.3 Å². The van der Waals surface area contributed by atoms with Gasteiger partial charge in [0.15, 0.2) is 0 Å². The Morgan fingerprint density at radius 1 is 0.966 bits per heavy atom. The average molecular weight is 382 g/mol. The fourth-order valence-electron chi connectivity index (χ4n) is 2.99. The number of carbonyl (C=O) groups excluding carboxylic acids is 1. The first-order chi connectivity index (χ1) is 14.0. The third-order valence-corrected chi connectivity index (χ3v) is 4.47. The number of hydrogen-bond acceptors (Lipinski definition) is 4. The lowest BCUT2D eigenvalue weighted by Crippen LogP contribution is -2.12. The maximum atomic E-state index is 12.5. The van der Waals surface area contributed by atoms with Gasteiger partial charge in [0.1, 0.15) is 5.52 Å². The van der Waals surface area contributed by atoms with Crippen LogP contribution in [0.2, 0.25) is 0 Å². The van der Waals surface area contributed by atoms with E-state index in [9.17, 15) is 14.7 Å². The standard InChI is InChI=1S/C22H14N4O3/c23-12-13-4-6-14(7-5-13)15-8-10-16(11-9-15)20(27)26-22-24-18-3-1-2-17(21(28)29)19(18)25-22/h1-11H,(H,28,29)(H2,24,25,26,27). The van der Waals surface area contributed by atoms with E-state index < -0.39 is 5.97 Å². The molecule has 0 radical (unpaired) electrons. The monoisotopic (exact) mass is 382 g/mol. The van der Waals surface area contributed by atoms with Crippen LogP contribution in [-0.2, 0) is 0 Å². The van der Waals surface area contributed by atoms with Gasteiger partial charge in [0, 0.05) is 5.56 Å². The third-order valence-electron chi connectivity index (χ3n) is 4.47. The van der Waals surface area contributed by atoms with Gasteiger partial charge in [0.25, 0.3) is 5.91 Å². The number of imidazole rings is 1. The van der Waals surface area contributed by atoms with Crippen LogP contribution < -0.4 is 5.32 Å². The van der Waals surface area contributed by atoms with Gasteiger partial charge in [-0.05, 0) is 47.5 Å². The smallest absolute Gasteiger partial charge is 0.337 e. The summed E-state index contributed by atoms with van der Waals surface area (Å²) in [7, 11) is 0. The van der Waals surface area contributed by atoms with Crippen molar-refractivity contribution in [2.45, 2.75) is 0 Å². The second-order valence-electron chi connectivity index (χ2n) is 6.31. The summed E-state index contributed by atoms with van der Waals surface area (Å²) in [6.07, 6.45) is 0. The number of carboxylic acid groups (broad SMARTS) is 1. The zero-order valence-corrected chi connectivity index (χ0v) is 15.0. The molecule has 0 saturated heterocycles. The molecule has 4 aromatic rings. The summed E-state index contributed by atoms with van der Waals surface area (Å²) in [4.78, 5) is 30.9. The average Bonchev–Trinajstić information content (AvgIpc) is 3.16. The molecule has 0 bridgehead atoms. The Morgan fingerprint density at radius 2 is 1.62 bits per heavy atom. The summed E-state index contributed by atoms with van der Waals surface area (Å²) in [5.41, 5.74) is 3.74. The van der Waals surface area contributed by atoms with Crippen molar-refractivity contribution in [3.05, 3.63) is 83.4 Å². The molecule has 0 spiro atoms. The first kappa shape index (κ1) is 17.9. The number of amides is 1. The molecule has 3 aromatic carbocycles. The Labute approximate surface area is 165 Å². The lowest BCUT2D eigenvalue weighted by molar-refractivity contribution is 0.0698. The van der Waals surface area contributed by atoms with Crippen LogP contribution in [0, 0.1) is 11.3 Å². The summed E-state index contributed by atoms with van der Waals surface area (Å²) in [5.74, 6) is -1.28. The van der Waals surface area contributed by atoms with Gasteiger partial charge in [-0.2, -0.15) is 5.26 Å². The van der Waals surface area contributed by atoms with Crippen LogP contribution in [-0.4, -0.2) is 27.0 Å². The van der Waals surface area contributed by atoms with Gasteiger partial charge in [-0.25, -0.2) is 9.78 Å². The molecule has 0 unspecified atom stereocenters. The number of hydrogen-bond donors (Lipinski definition) is 3. The molecule has 7 heteroatoms. The summed E-state index contributed by atoms with van der Waals surface area (Å²) < 4.78 is 0. The molecule has 1 aromatic heterocycles. The van der Waals surface area contributed by atoms with Gasteiger partial charge in [0.2, 0.25) is 5.95 Å². The zero-order valence-electron chi connectivity index (χ0n) is 15.0. The molecule has 7 nitrogen and oxygen atoms in total. The van der Waals surface area contributed by atoms with E-state index in [1.54, 1.807) is 36.4 Å². The molecular formula is C22H14N4O3. The van der Waals surface area contributed by atoms with Crippen molar-refractivity contribution in [2.24, 2.45) is 0 Å². The number of H-pyrrole nitrogens is 1. The molecule has 0 aliphatic heterocycles. The molecule has 1 amide bonds. The second kappa shape index (κ2) is 7.29. The summed E-state index contributed by atoms with van der Waals surface area (Å²) in [6.45, 7) is 0. The Hall–Kier alpha value is -4.44. The molecule has 29 heavy (non-hydrogen) atoms. The first-order valence-corrected chi connectivity index (χ1v) is 8.69. The minimum absolute atomic E-state index is 0.0611. The number of nitriles is 1.